The number of piperazine rings is 1. The maximum atomic E-state index is 11.6. The molecule has 1 aromatic carbocycles. The fraction of sp³-hybridized carbons (Fsp3) is 0.417. The lowest BCUT2D eigenvalue weighted by molar-refractivity contribution is -0.119. The number of carbonyl (C=O) groups excluding carboxylic acids is 1. The zero-order valence-electron chi connectivity index (χ0n) is 19.7. The minimum atomic E-state index is -0.893. The number of anilines is 1. The van der Waals surface area contributed by atoms with E-state index in [1.165, 1.54) is 4.90 Å². The van der Waals surface area contributed by atoms with Gasteiger partial charge in [0, 0.05) is 50.6 Å². The molecular weight excluding hydrogens is 452 g/mol. The minimum absolute atomic E-state index is 0.0400. The van der Waals surface area contributed by atoms with Crippen LogP contribution >= 0.6 is 0 Å². The van der Waals surface area contributed by atoms with E-state index in [-0.39, 0.29) is 17.9 Å². The van der Waals surface area contributed by atoms with Crippen molar-refractivity contribution in [2.75, 3.05) is 44.7 Å². The first-order valence-corrected chi connectivity index (χ1v) is 11.6. The van der Waals surface area contributed by atoms with Crippen molar-refractivity contribution in [2.45, 2.75) is 19.4 Å². The average Bonchev–Trinajstić information content (AvgIpc) is 3.53. The summed E-state index contributed by atoms with van der Waals surface area (Å²) in [6.07, 6.45) is 2.88. The van der Waals surface area contributed by atoms with Crippen molar-refractivity contribution >= 4 is 23.2 Å². The zero-order chi connectivity index (χ0) is 24.5. The Hall–Kier alpha value is -4.02. The fourth-order valence-electron chi connectivity index (χ4n) is 4.59. The number of hydrogen-bond acceptors (Lipinski definition) is 7. The molecule has 2 aliphatic heterocycles. The molecule has 2 fully saturated rings. The highest BCUT2D eigenvalue weighted by atomic mass is 16.5. The largest absolute Gasteiger partial charge is 0.495 e. The molecule has 2 aliphatic rings. The van der Waals surface area contributed by atoms with Gasteiger partial charge in [-0.1, -0.05) is 6.07 Å². The molecule has 2 aromatic heterocycles. The molecule has 0 bridgehead atoms. The van der Waals surface area contributed by atoms with E-state index in [1.807, 2.05) is 37.4 Å². The highest BCUT2D eigenvalue weighted by Crippen LogP contribution is 2.34. The second-order valence-corrected chi connectivity index (χ2v) is 8.83. The molecule has 4 heterocycles. The lowest BCUT2D eigenvalue weighted by Crippen LogP contribution is -2.48. The number of carboxylic acid groups (broad SMARTS) is 1. The van der Waals surface area contributed by atoms with E-state index in [0.717, 1.165) is 16.8 Å². The van der Waals surface area contributed by atoms with Gasteiger partial charge >= 0.3 is 6.09 Å². The van der Waals surface area contributed by atoms with Crippen molar-refractivity contribution in [3.05, 3.63) is 36.7 Å². The Labute approximate surface area is 202 Å². The van der Waals surface area contributed by atoms with Gasteiger partial charge < -0.3 is 29.7 Å². The predicted molar refractivity (Wildman–Crippen MR) is 128 cm³/mol. The van der Waals surface area contributed by atoms with E-state index in [1.54, 1.807) is 17.8 Å². The lowest BCUT2D eigenvalue weighted by atomic mass is 10.0. The molecule has 2 saturated heterocycles. The topological polar surface area (TPSA) is 122 Å². The monoisotopic (exact) mass is 480 g/mol. The van der Waals surface area contributed by atoms with Gasteiger partial charge in [-0.25, -0.2) is 14.3 Å². The summed E-state index contributed by atoms with van der Waals surface area (Å²) in [5, 5.41) is 16.4. The SMILES string of the molecule is COc1cc(-c2cn3nccc3c(O[C@H](C)[C@H]3CNC(=O)C3)n2)ccc1N1CCN(C(=O)O)CC1. The number of rotatable bonds is 6. The average molecular weight is 481 g/mol. The Bertz CT molecular complexity index is 1250. The van der Waals surface area contributed by atoms with Gasteiger partial charge in [0.25, 0.3) is 0 Å². The number of ether oxygens (including phenoxy) is 2. The van der Waals surface area contributed by atoms with E-state index >= 15 is 0 Å². The zero-order valence-corrected chi connectivity index (χ0v) is 19.7. The van der Waals surface area contributed by atoms with Gasteiger partial charge in [0.2, 0.25) is 11.8 Å². The molecule has 0 aliphatic carbocycles. The third kappa shape index (κ3) is 4.53. The molecule has 2 atom stereocenters. The Balaban J connectivity index is 1.42. The number of methoxy groups -OCH3 is 1. The van der Waals surface area contributed by atoms with Crippen LogP contribution in [0.2, 0.25) is 0 Å². The summed E-state index contributed by atoms with van der Waals surface area (Å²) in [5.41, 5.74) is 3.16. The minimum Gasteiger partial charge on any atom is -0.495 e. The maximum Gasteiger partial charge on any atom is 0.407 e. The second kappa shape index (κ2) is 9.32. The van der Waals surface area contributed by atoms with Crippen LogP contribution in [0, 0.1) is 5.92 Å². The van der Waals surface area contributed by atoms with Crippen molar-refractivity contribution in [3.63, 3.8) is 0 Å². The van der Waals surface area contributed by atoms with E-state index in [2.05, 4.69) is 15.3 Å². The van der Waals surface area contributed by atoms with Gasteiger partial charge in [0.15, 0.2) is 0 Å². The van der Waals surface area contributed by atoms with Crippen molar-refractivity contribution < 1.29 is 24.2 Å². The number of nitrogens with zero attached hydrogens (tertiary/aromatic N) is 5. The molecule has 0 spiro atoms. The molecule has 0 unspecified atom stereocenters. The smallest absolute Gasteiger partial charge is 0.407 e. The Kier molecular flexibility index (Phi) is 6.06. The molecule has 11 nitrogen and oxygen atoms in total. The normalized spacial score (nSPS) is 19.0. The van der Waals surface area contributed by atoms with E-state index in [9.17, 15) is 14.7 Å². The van der Waals surface area contributed by atoms with Crippen LogP contribution in [0.1, 0.15) is 13.3 Å². The summed E-state index contributed by atoms with van der Waals surface area (Å²) in [5.74, 6) is 1.26. The standard InChI is InChI=1S/C24H28N6O5/c1-15(17-12-22(31)25-13-17)35-23-20-5-6-26-30(20)14-18(27-23)16-3-4-19(21(11-16)34-2)28-7-9-29(10-8-28)24(32)33/h3-6,11,14-15,17H,7-10,12-13H2,1-2H3,(H,25,31)(H,32,33)/t15-,17-/m1/s1. The first kappa shape index (κ1) is 22.8. The lowest BCUT2D eigenvalue weighted by Gasteiger charge is -2.35. The number of hydrogen-bond donors (Lipinski definition) is 2. The van der Waals surface area contributed by atoms with Crippen molar-refractivity contribution in [3.8, 4) is 22.9 Å². The summed E-state index contributed by atoms with van der Waals surface area (Å²) >= 11 is 0. The summed E-state index contributed by atoms with van der Waals surface area (Å²) in [6, 6.07) is 7.70. The van der Waals surface area contributed by atoms with Crippen molar-refractivity contribution in [1.29, 1.82) is 0 Å². The molecule has 5 rings (SSSR count). The molecule has 3 aromatic rings. The molecule has 2 N–H and O–H groups in total. The molecule has 11 heteroatoms. The maximum absolute atomic E-state index is 11.6. The van der Waals surface area contributed by atoms with E-state index < -0.39 is 6.09 Å². The first-order valence-electron chi connectivity index (χ1n) is 11.6. The number of fused-ring (bicyclic) bond motifs is 1. The van der Waals surface area contributed by atoms with Crippen LogP contribution in [0.15, 0.2) is 36.7 Å². The molecule has 35 heavy (non-hydrogen) atoms. The number of carbonyl (C=O) groups is 2. The molecular formula is C24H28N6O5. The molecule has 2 amide bonds. The van der Waals surface area contributed by atoms with Crippen LogP contribution in [0.5, 0.6) is 11.6 Å². The number of aromatic nitrogens is 3. The van der Waals surface area contributed by atoms with Gasteiger partial charge in [0.1, 0.15) is 17.4 Å². The van der Waals surface area contributed by atoms with Crippen molar-refractivity contribution in [1.82, 2.24) is 24.8 Å². The van der Waals surface area contributed by atoms with Gasteiger partial charge in [-0.2, -0.15) is 5.10 Å². The van der Waals surface area contributed by atoms with E-state index in [0.29, 0.717) is 56.5 Å². The Morgan fingerprint density at radius 3 is 2.71 bits per heavy atom. The highest BCUT2D eigenvalue weighted by molar-refractivity contribution is 5.78. The Morgan fingerprint density at radius 1 is 1.23 bits per heavy atom. The Morgan fingerprint density at radius 2 is 2.03 bits per heavy atom. The summed E-state index contributed by atoms with van der Waals surface area (Å²) in [7, 11) is 1.62. The first-order chi connectivity index (χ1) is 16.9. The third-order valence-corrected chi connectivity index (χ3v) is 6.69. The van der Waals surface area contributed by atoms with Crippen molar-refractivity contribution in [2.24, 2.45) is 5.92 Å². The van der Waals surface area contributed by atoms with Crippen LogP contribution in [0.3, 0.4) is 0 Å². The van der Waals surface area contributed by atoms with Crippen LogP contribution in [-0.4, -0.2) is 82.5 Å². The third-order valence-electron chi connectivity index (χ3n) is 6.69. The van der Waals surface area contributed by atoms with Crippen LogP contribution in [0.4, 0.5) is 10.5 Å². The molecule has 184 valence electrons. The summed E-state index contributed by atoms with van der Waals surface area (Å²) < 4.78 is 13.6. The number of amides is 2. The summed E-state index contributed by atoms with van der Waals surface area (Å²) in [4.78, 5) is 31.2. The van der Waals surface area contributed by atoms with Gasteiger partial charge in [-0.15, -0.1) is 0 Å². The van der Waals surface area contributed by atoms with Gasteiger partial charge in [-0.05, 0) is 25.1 Å². The van der Waals surface area contributed by atoms with Crippen LogP contribution in [0.25, 0.3) is 16.8 Å². The fourth-order valence-corrected chi connectivity index (χ4v) is 4.59. The van der Waals surface area contributed by atoms with Crippen LogP contribution < -0.4 is 19.7 Å². The quantitative estimate of drug-likeness (QED) is 0.550. The molecule has 0 radical (unpaired) electrons. The highest BCUT2D eigenvalue weighted by Gasteiger charge is 2.29. The van der Waals surface area contributed by atoms with Crippen LogP contribution in [-0.2, 0) is 4.79 Å². The second-order valence-electron chi connectivity index (χ2n) is 8.83. The van der Waals surface area contributed by atoms with E-state index in [4.69, 9.17) is 14.5 Å². The predicted octanol–water partition coefficient (Wildman–Crippen LogP) is 2.11. The number of benzene rings is 1. The van der Waals surface area contributed by atoms with Gasteiger partial charge in [0.05, 0.1) is 30.9 Å². The molecule has 0 saturated carbocycles. The summed E-state index contributed by atoms with van der Waals surface area (Å²) in [6.45, 7) is 4.61. The van der Waals surface area contributed by atoms with Gasteiger partial charge in [-0.3, -0.25) is 4.79 Å². The number of nitrogens with one attached hydrogen (secondary N) is 1.